The SMILES string of the molecule is Cc1csc(CC(O)c2cc(Br)c3c(c2)OCCCO3)n1. The molecule has 1 N–H and O–H groups in total. The van der Waals surface area contributed by atoms with E-state index >= 15 is 0 Å². The number of aliphatic hydroxyl groups is 1. The Morgan fingerprint density at radius 1 is 1.38 bits per heavy atom. The smallest absolute Gasteiger partial charge is 0.175 e. The molecule has 21 heavy (non-hydrogen) atoms. The summed E-state index contributed by atoms with van der Waals surface area (Å²) in [4.78, 5) is 4.39. The summed E-state index contributed by atoms with van der Waals surface area (Å²) in [6.45, 7) is 3.23. The van der Waals surface area contributed by atoms with Crippen LogP contribution in [-0.4, -0.2) is 23.3 Å². The summed E-state index contributed by atoms with van der Waals surface area (Å²) in [6.07, 6.45) is 0.756. The molecule has 1 atom stereocenters. The van der Waals surface area contributed by atoms with Gasteiger partial charge >= 0.3 is 0 Å². The van der Waals surface area contributed by atoms with Crippen molar-refractivity contribution < 1.29 is 14.6 Å². The molecule has 0 saturated heterocycles. The van der Waals surface area contributed by atoms with E-state index in [-0.39, 0.29) is 0 Å². The Morgan fingerprint density at radius 2 is 2.19 bits per heavy atom. The van der Waals surface area contributed by atoms with Gasteiger partial charge in [-0.25, -0.2) is 4.98 Å². The molecule has 3 rings (SSSR count). The molecule has 4 nitrogen and oxygen atoms in total. The Morgan fingerprint density at radius 3 is 2.95 bits per heavy atom. The highest BCUT2D eigenvalue weighted by Gasteiger charge is 2.19. The number of nitrogens with zero attached hydrogens (tertiary/aromatic N) is 1. The van der Waals surface area contributed by atoms with Crippen LogP contribution in [0.3, 0.4) is 0 Å². The number of halogens is 1. The van der Waals surface area contributed by atoms with Crippen LogP contribution in [-0.2, 0) is 6.42 Å². The topological polar surface area (TPSA) is 51.6 Å². The molecule has 0 radical (unpaired) electrons. The highest BCUT2D eigenvalue weighted by atomic mass is 79.9. The Balaban J connectivity index is 1.84. The molecule has 1 aromatic carbocycles. The third-order valence-electron chi connectivity index (χ3n) is 3.24. The second-order valence-corrected chi connectivity index (χ2v) is 6.78. The van der Waals surface area contributed by atoms with Crippen LogP contribution in [0.15, 0.2) is 22.0 Å². The van der Waals surface area contributed by atoms with Crippen molar-refractivity contribution in [3.8, 4) is 11.5 Å². The van der Waals surface area contributed by atoms with Crippen LogP contribution < -0.4 is 9.47 Å². The third-order valence-corrected chi connectivity index (χ3v) is 4.82. The summed E-state index contributed by atoms with van der Waals surface area (Å²) in [5.41, 5.74) is 1.79. The molecule has 2 aromatic rings. The molecule has 6 heteroatoms. The van der Waals surface area contributed by atoms with Crippen LogP contribution in [0.2, 0.25) is 0 Å². The zero-order chi connectivity index (χ0) is 14.8. The quantitative estimate of drug-likeness (QED) is 0.896. The summed E-state index contributed by atoms with van der Waals surface area (Å²) >= 11 is 5.07. The summed E-state index contributed by atoms with van der Waals surface area (Å²) < 4.78 is 12.2. The van der Waals surface area contributed by atoms with Gasteiger partial charge in [-0.1, -0.05) is 0 Å². The van der Waals surface area contributed by atoms with E-state index < -0.39 is 6.10 Å². The summed E-state index contributed by atoms with van der Waals surface area (Å²) in [5, 5.41) is 13.4. The first-order valence-corrected chi connectivity index (χ1v) is 8.49. The van der Waals surface area contributed by atoms with Crippen molar-refractivity contribution in [2.24, 2.45) is 0 Å². The van der Waals surface area contributed by atoms with Gasteiger partial charge in [0.15, 0.2) is 11.5 Å². The number of fused-ring (bicyclic) bond motifs is 1. The molecule has 112 valence electrons. The number of aliphatic hydroxyl groups excluding tert-OH is 1. The predicted octanol–water partition coefficient (Wildman–Crippen LogP) is 3.65. The maximum Gasteiger partial charge on any atom is 0.175 e. The van der Waals surface area contributed by atoms with Crippen molar-refractivity contribution >= 4 is 27.3 Å². The van der Waals surface area contributed by atoms with E-state index in [1.165, 1.54) is 0 Å². The molecule has 2 heterocycles. The molecule has 0 bridgehead atoms. The minimum Gasteiger partial charge on any atom is -0.490 e. The molecular weight excluding hydrogens is 354 g/mol. The molecule has 1 aliphatic rings. The Kier molecular flexibility index (Phi) is 4.47. The fourth-order valence-electron chi connectivity index (χ4n) is 2.22. The standard InChI is InChI=1S/C15H16BrNO3S/c1-9-8-21-14(17-9)7-12(18)10-5-11(16)15-13(6-10)19-3-2-4-20-15/h5-6,8,12,18H,2-4,7H2,1H3. The lowest BCUT2D eigenvalue weighted by Crippen LogP contribution is -2.03. The lowest BCUT2D eigenvalue weighted by molar-refractivity contribution is 0.177. The van der Waals surface area contributed by atoms with Gasteiger partial charge in [0.25, 0.3) is 0 Å². The van der Waals surface area contributed by atoms with Gasteiger partial charge in [0.1, 0.15) is 0 Å². The van der Waals surface area contributed by atoms with Crippen molar-refractivity contribution in [2.45, 2.75) is 25.9 Å². The number of hydrogen-bond acceptors (Lipinski definition) is 5. The highest BCUT2D eigenvalue weighted by Crippen LogP contribution is 2.40. The zero-order valence-electron chi connectivity index (χ0n) is 11.6. The Labute approximate surface area is 135 Å². The largest absolute Gasteiger partial charge is 0.490 e. The van der Waals surface area contributed by atoms with Crippen LogP contribution in [0.4, 0.5) is 0 Å². The van der Waals surface area contributed by atoms with Gasteiger partial charge in [-0.05, 0) is 40.5 Å². The maximum absolute atomic E-state index is 10.4. The fourth-order valence-corrected chi connectivity index (χ4v) is 3.61. The number of aryl methyl sites for hydroxylation is 1. The molecule has 0 spiro atoms. The number of thiazole rings is 1. The van der Waals surface area contributed by atoms with Gasteiger partial charge in [-0.2, -0.15) is 0 Å². The van der Waals surface area contributed by atoms with E-state index in [4.69, 9.17) is 9.47 Å². The Hall–Kier alpha value is -1.11. The first kappa shape index (κ1) is 14.8. The van der Waals surface area contributed by atoms with E-state index in [2.05, 4.69) is 20.9 Å². The molecule has 1 aliphatic heterocycles. The van der Waals surface area contributed by atoms with Crippen molar-refractivity contribution in [3.63, 3.8) is 0 Å². The number of hydrogen-bond donors (Lipinski definition) is 1. The molecule has 0 fully saturated rings. The molecule has 0 saturated carbocycles. The van der Waals surface area contributed by atoms with Crippen LogP contribution >= 0.6 is 27.3 Å². The van der Waals surface area contributed by atoms with Gasteiger partial charge in [0.2, 0.25) is 0 Å². The second-order valence-electron chi connectivity index (χ2n) is 4.98. The molecule has 1 aromatic heterocycles. The van der Waals surface area contributed by atoms with Crippen molar-refractivity contribution in [2.75, 3.05) is 13.2 Å². The van der Waals surface area contributed by atoms with E-state index in [0.717, 1.165) is 27.2 Å². The highest BCUT2D eigenvalue weighted by molar-refractivity contribution is 9.10. The zero-order valence-corrected chi connectivity index (χ0v) is 14.0. The van der Waals surface area contributed by atoms with Gasteiger partial charge in [0.05, 0.1) is 28.8 Å². The summed E-state index contributed by atoms with van der Waals surface area (Å²) in [6, 6.07) is 3.75. The number of benzene rings is 1. The summed E-state index contributed by atoms with van der Waals surface area (Å²) in [5.74, 6) is 1.40. The van der Waals surface area contributed by atoms with E-state index in [1.54, 1.807) is 11.3 Å². The molecular formula is C15H16BrNO3S. The van der Waals surface area contributed by atoms with Gasteiger partial charge in [-0.15, -0.1) is 11.3 Å². The van der Waals surface area contributed by atoms with Gasteiger partial charge in [0, 0.05) is 23.9 Å². The minimum atomic E-state index is -0.607. The van der Waals surface area contributed by atoms with Crippen LogP contribution in [0.25, 0.3) is 0 Å². The first-order valence-electron chi connectivity index (χ1n) is 6.81. The number of aromatic nitrogens is 1. The number of ether oxygens (including phenoxy) is 2. The second kappa shape index (κ2) is 6.34. The van der Waals surface area contributed by atoms with Gasteiger partial charge < -0.3 is 14.6 Å². The predicted molar refractivity (Wildman–Crippen MR) is 85.3 cm³/mol. The third kappa shape index (κ3) is 3.39. The normalized spacial score (nSPS) is 15.6. The molecule has 0 aliphatic carbocycles. The van der Waals surface area contributed by atoms with Crippen LogP contribution in [0.1, 0.15) is 28.8 Å². The van der Waals surface area contributed by atoms with Crippen molar-refractivity contribution in [1.82, 2.24) is 4.98 Å². The maximum atomic E-state index is 10.4. The van der Waals surface area contributed by atoms with Crippen molar-refractivity contribution in [1.29, 1.82) is 0 Å². The summed E-state index contributed by atoms with van der Waals surface area (Å²) in [7, 11) is 0. The first-order chi connectivity index (χ1) is 10.1. The molecule has 0 amide bonds. The van der Waals surface area contributed by atoms with Crippen LogP contribution in [0.5, 0.6) is 11.5 Å². The average molecular weight is 370 g/mol. The minimum absolute atomic E-state index is 0.505. The van der Waals surface area contributed by atoms with Gasteiger partial charge in [-0.3, -0.25) is 0 Å². The number of rotatable bonds is 3. The fraction of sp³-hybridized carbons (Fsp3) is 0.400. The lowest BCUT2D eigenvalue weighted by Gasteiger charge is -2.15. The Bertz CT molecular complexity index is 644. The molecule has 1 unspecified atom stereocenters. The lowest BCUT2D eigenvalue weighted by atomic mass is 10.1. The van der Waals surface area contributed by atoms with Crippen molar-refractivity contribution in [3.05, 3.63) is 38.3 Å². The van der Waals surface area contributed by atoms with E-state index in [9.17, 15) is 5.11 Å². The van der Waals surface area contributed by atoms with Crippen LogP contribution in [0, 0.1) is 6.92 Å². The van der Waals surface area contributed by atoms with E-state index in [1.807, 2.05) is 24.4 Å². The monoisotopic (exact) mass is 369 g/mol. The van der Waals surface area contributed by atoms with E-state index in [0.29, 0.717) is 31.1 Å². The average Bonchev–Trinajstić information content (AvgIpc) is 2.72.